The molecule has 0 spiro atoms. The summed E-state index contributed by atoms with van der Waals surface area (Å²) in [7, 11) is 0. The Morgan fingerprint density at radius 3 is 2.95 bits per heavy atom. The van der Waals surface area contributed by atoms with Crippen molar-refractivity contribution in [1.82, 2.24) is 10.3 Å². The van der Waals surface area contributed by atoms with Crippen LogP contribution in [0.25, 0.3) is 0 Å². The van der Waals surface area contributed by atoms with Gasteiger partial charge in [0, 0.05) is 25.2 Å². The van der Waals surface area contributed by atoms with Gasteiger partial charge in [0.05, 0.1) is 10.9 Å². The van der Waals surface area contributed by atoms with Crippen molar-refractivity contribution < 1.29 is 9.59 Å². The Kier molecular flexibility index (Phi) is 5.83. The van der Waals surface area contributed by atoms with Gasteiger partial charge in [-0.2, -0.15) is 0 Å². The summed E-state index contributed by atoms with van der Waals surface area (Å²) in [5, 5.41) is 3.36. The van der Waals surface area contributed by atoms with Crippen molar-refractivity contribution in [1.29, 1.82) is 0 Å². The van der Waals surface area contributed by atoms with Gasteiger partial charge in [-0.25, -0.2) is 4.98 Å². The third-order valence-corrected chi connectivity index (χ3v) is 4.87. The zero-order chi connectivity index (χ0) is 16.1. The van der Waals surface area contributed by atoms with Crippen LogP contribution in [-0.4, -0.2) is 34.6 Å². The Morgan fingerprint density at radius 2 is 2.27 bits per heavy atom. The number of nitrogens with zero attached hydrogens (tertiary/aromatic N) is 2. The van der Waals surface area contributed by atoms with E-state index in [1.165, 1.54) is 11.8 Å². The summed E-state index contributed by atoms with van der Waals surface area (Å²) in [4.78, 5) is 30.9. The smallest absolute Gasteiger partial charge is 0.241 e. The second-order valence-corrected chi connectivity index (χ2v) is 6.70. The van der Waals surface area contributed by atoms with Gasteiger partial charge in [-0.1, -0.05) is 25.6 Å². The van der Waals surface area contributed by atoms with E-state index in [0.717, 1.165) is 23.6 Å². The lowest BCUT2D eigenvalue weighted by molar-refractivity contribution is -0.125. The van der Waals surface area contributed by atoms with Gasteiger partial charge in [0.1, 0.15) is 5.03 Å². The number of carbonyl (C=O) groups is 2. The Hall–Kier alpha value is -1.56. The molecule has 1 aromatic heterocycles. The van der Waals surface area contributed by atoms with Crippen LogP contribution in [0.2, 0.25) is 0 Å². The number of nitrogens with one attached hydrogen (secondary N) is 1. The molecule has 0 fully saturated rings. The second kappa shape index (κ2) is 7.63. The predicted molar refractivity (Wildman–Crippen MR) is 89.0 cm³/mol. The van der Waals surface area contributed by atoms with E-state index in [1.54, 1.807) is 11.1 Å². The number of thioether (sulfide) groups is 1. The van der Waals surface area contributed by atoms with Crippen LogP contribution in [0.15, 0.2) is 23.4 Å². The normalized spacial score (nSPS) is 18.8. The van der Waals surface area contributed by atoms with Gasteiger partial charge in [0.15, 0.2) is 0 Å². The topological polar surface area (TPSA) is 62.3 Å². The molecule has 120 valence electrons. The van der Waals surface area contributed by atoms with E-state index in [2.05, 4.69) is 10.3 Å². The van der Waals surface area contributed by atoms with Crippen LogP contribution < -0.4 is 10.2 Å². The minimum absolute atomic E-state index is 0.00616. The highest BCUT2D eigenvalue weighted by Crippen LogP contribution is 2.38. The molecule has 5 nitrogen and oxygen atoms in total. The fourth-order valence-electron chi connectivity index (χ4n) is 2.34. The fraction of sp³-hybridized carbons (Fsp3) is 0.562. The van der Waals surface area contributed by atoms with E-state index in [4.69, 9.17) is 0 Å². The Bertz CT molecular complexity index is 550. The van der Waals surface area contributed by atoms with Crippen molar-refractivity contribution in [2.24, 2.45) is 0 Å². The van der Waals surface area contributed by atoms with Crippen molar-refractivity contribution in [3.63, 3.8) is 0 Å². The molecule has 22 heavy (non-hydrogen) atoms. The molecular weight excluding hydrogens is 298 g/mol. The first-order valence-electron chi connectivity index (χ1n) is 7.79. The van der Waals surface area contributed by atoms with E-state index in [1.807, 2.05) is 32.9 Å². The van der Waals surface area contributed by atoms with Crippen molar-refractivity contribution in [2.75, 3.05) is 11.4 Å². The van der Waals surface area contributed by atoms with Crippen LogP contribution in [0.1, 0.15) is 40.0 Å². The maximum Gasteiger partial charge on any atom is 0.241 e. The molecule has 0 saturated carbocycles. The summed E-state index contributed by atoms with van der Waals surface area (Å²) in [5.41, 5.74) is 0.859. The second-order valence-electron chi connectivity index (χ2n) is 5.50. The Balaban J connectivity index is 2.14. The number of anilines is 1. The minimum Gasteiger partial charge on any atom is -0.354 e. The number of rotatable bonds is 6. The van der Waals surface area contributed by atoms with Gasteiger partial charge < -0.3 is 10.2 Å². The van der Waals surface area contributed by atoms with Gasteiger partial charge >= 0.3 is 0 Å². The first-order valence-corrected chi connectivity index (χ1v) is 8.67. The fourth-order valence-corrected chi connectivity index (χ4v) is 3.50. The molecular formula is C16H23N3O2S. The number of pyridine rings is 1. The van der Waals surface area contributed by atoms with E-state index in [9.17, 15) is 9.59 Å². The van der Waals surface area contributed by atoms with Gasteiger partial charge in [0.25, 0.3) is 0 Å². The predicted octanol–water partition coefficient (Wildman–Crippen LogP) is 2.60. The summed E-state index contributed by atoms with van der Waals surface area (Å²) in [6.07, 6.45) is 3.67. The SMILES string of the molecule is CCCN1C(=O)[C@@H](CC(=O)N[C@H](C)CC)Sc2ncccc21. The van der Waals surface area contributed by atoms with Crippen LogP contribution in [0.5, 0.6) is 0 Å². The lowest BCUT2D eigenvalue weighted by Crippen LogP contribution is -2.44. The van der Waals surface area contributed by atoms with Gasteiger partial charge in [0.2, 0.25) is 11.8 Å². The molecule has 2 rings (SSSR count). The molecule has 0 aliphatic carbocycles. The zero-order valence-corrected chi connectivity index (χ0v) is 14.2. The Morgan fingerprint density at radius 1 is 1.50 bits per heavy atom. The van der Waals surface area contributed by atoms with Gasteiger partial charge in [-0.3, -0.25) is 9.59 Å². The number of aromatic nitrogens is 1. The molecule has 6 heteroatoms. The molecule has 0 radical (unpaired) electrons. The summed E-state index contributed by atoms with van der Waals surface area (Å²) in [6, 6.07) is 3.89. The van der Waals surface area contributed by atoms with E-state index in [0.29, 0.717) is 6.54 Å². The lowest BCUT2D eigenvalue weighted by Gasteiger charge is -2.32. The summed E-state index contributed by atoms with van der Waals surface area (Å²) >= 11 is 1.39. The van der Waals surface area contributed by atoms with Crippen molar-refractivity contribution >= 4 is 29.3 Å². The molecule has 0 saturated heterocycles. The van der Waals surface area contributed by atoms with E-state index >= 15 is 0 Å². The molecule has 0 aromatic carbocycles. The average Bonchev–Trinajstić information content (AvgIpc) is 2.51. The number of hydrogen-bond acceptors (Lipinski definition) is 4. The molecule has 0 bridgehead atoms. The monoisotopic (exact) mass is 321 g/mol. The standard InChI is InChI=1S/C16H23N3O2S/c1-4-9-19-12-7-6-8-17-15(12)22-13(16(19)21)10-14(20)18-11(3)5-2/h6-8,11,13H,4-5,9-10H2,1-3H3,(H,18,20)/t11-,13-/m1/s1. The van der Waals surface area contributed by atoms with E-state index < -0.39 is 5.25 Å². The van der Waals surface area contributed by atoms with Crippen LogP contribution in [0.4, 0.5) is 5.69 Å². The molecule has 1 aliphatic rings. The lowest BCUT2D eigenvalue weighted by atomic mass is 10.2. The third kappa shape index (κ3) is 3.80. The molecule has 2 heterocycles. The maximum absolute atomic E-state index is 12.7. The first-order chi connectivity index (χ1) is 10.6. The number of carbonyl (C=O) groups excluding carboxylic acids is 2. The van der Waals surface area contributed by atoms with Crippen LogP contribution in [0, 0.1) is 0 Å². The minimum atomic E-state index is -0.391. The average molecular weight is 321 g/mol. The van der Waals surface area contributed by atoms with Gasteiger partial charge in [-0.05, 0) is 31.9 Å². The summed E-state index contributed by atoms with van der Waals surface area (Å²) in [5.74, 6) is -0.0670. The quantitative estimate of drug-likeness (QED) is 0.875. The molecule has 0 unspecified atom stereocenters. The molecule has 1 N–H and O–H groups in total. The highest BCUT2D eigenvalue weighted by molar-refractivity contribution is 8.00. The third-order valence-electron chi connectivity index (χ3n) is 3.67. The highest BCUT2D eigenvalue weighted by atomic mass is 32.2. The summed E-state index contributed by atoms with van der Waals surface area (Å²) in [6.45, 7) is 6.68. The van der Waals surface area contributed by atoms with Gasteiger partial charge in [-0.15, -0.1) is 0 Å². The molecule has 1 aliphatic heterocycles. The highest BCUT2D eigenvalue weighted by Gasteiger charge is 2.35. The van der Waals surface area contributed by atoms with Crippen LogP contribution in [0.3, 0.4) is 0 Å². The van der Waals surface area contributed by atoms with Crippen LogP contribution >= 0.6 is 11.8 Å². The van der Waals surface area contributed by atoms with Crippen LogP contribution in [-0.2, 0) is 9.59 Å². The number of fused-ring (bicyclic) bond motifs is 1. The largest absolute Gasteiger partial charge is 0.354 e. The first kappa shape index (κ1) is 16.8. The van der Waals surface area contributed by atoms with Crippen molar-refractivity contribution in [2.45, 2.75) is 56.4 Å². The number of amides is 2. The molecule has 1 aromatic rings. The Labute approximate surface area is 135 Å². The molecule has 2 atom stereocenters. The summed E-state index contributed by atoms with van der Waals surface area (Å²) < 4.78 is 0. The molecule has 2 amide bonds. The number of hydrogen-bond donors (Lipinski definition) is 1. The maximum atomic E-state index is 12.7. The van der Waals surface area contributed by atoms with E-state index in [-0.39, 0.29) is 24.3 Å². The van der Waals surface area contributed by atoms with Crippen molar-refractivity contribution in [3.05, 3.63) is 18.3 Å². The van der Waals surface area contributed by atoms with Crippen molar-refractivity contribution in [3.8, 4) is 0 Å². The zero-order valence-electron chi connectivity index (χ0n) is 13.3.